The fourth-order valence-corrected chi connectivity index (χ4v) is 1.83. The molecule has 6 nitrogen and oxygen atoms in total. The van der Waals surface area contributed by atoms with Gasteiger partial charge >= 0.3 is 5.97 Å². The Hall–Kier alpha value is -1.95. The summed E-state index contributed by atoms with van der Waals surface area (Å²) in [6.45, 7) is 6.42. The smallest absolute Gasteiger partial charge is 0.320 e. The largest absolute Gasteiger partial charge is 0.465 e. The maximum Gasteiger partial charge on any atom is 0.320 e. The summed E-state index contributed by atoms with van der Waals surface area (Å²) >= 11 is 0. The number of carbonyl (C=O) groups is 1. The molecule has 0 aliphatic heterocycles. The molecule has 0 saturated heterocycles. The fourth-order valence-electron chi connectivity index (χ4n) is 1.83. The van der Waals surface area contributed by atoms with Gasteiger partial charge in [0.1, 0.15) is 0 Å². The zero-order valence-electron chi connectivity index (χ0n) is 12.0. The van der Waals surface area contributed by atoms with Crippen molar-refractivity contribution in [2.24, 2.45) is 0 Å². The number of para-hydroxylation sites is 1. The Kier molecular flexibility index (Phi) is 6.11. The van der Waals surface area contributed by atoms with Gasteiger partial charge < -0.3 is 4.74 Å². The van der Waals surface area contributed by atoms with Crippen LogP contribution in [0.3, 0.4) is 0 Å². The van der Waals surface area contributed by atoms with Crippen molar-refractivity contribution < 1.29 is 14.5 Å². The van der Waals surface area contributed by atoms with Gasteiger partial charge in [0.05, 0.1) is 18.1 Å². The molecule has 1 aromatic rings. The molecule has 0 heterocycles. The number of nitrogens with zero attached hydrogens (tertiary/aromatic N) is 2. The third-order valence-electron chi connectivity index (χ3n) is 2.93. The fraction of sp³-hybridized carbons (Fsp3) is 0.500. The van der Waals surface area contributed by atoms with Crippen LogP contribution < -0.4 is 0 Å². The van der Waals surface area contributed by atoms with Gasteiger partial charge in [-0.05, 0) is 20.8 Å². The Morgan fingerprint density at radius 1 is 1.40 bits per heavy atom. The summed E-state index contributed by atoms with van der Waals surface area (Å²) in [7, 11) is 0. The summed E-state index contributed by atoms with van der Waals surface area (Å²) < 4.78 is 4.92. The second kappa shape index (κ2) is 7.59. The molecule has 0 bridgehead atoms. The lowest BCUT2D eigenvalue weighted by atomic mass is 10.1. The Morgan fingerprint density at radius 2 is 2.05 bits per heavy atom. The first kappa shape index (κ1) is 16.1. The van der Waals surface area contributed by atoms with E-state index in [9.17, 15) is 14.9 Å². The van der Waals surface area contributed by atoms with Gasteiger partial charge in [0.25, 0.3) is 5.69 Å². The Labute approximate surface area is 118 Å². The molecule has 0 amide bonds. The highest BCUT2D eigenvalue weighted by Gasteiger charge is 2.20. The van der Waals surface area contributed by atoms with Gasteiger partial charge in [0.2, 0.25) is 0 Å². The van der Waals surface area contributed by atoms with Crippen LogP contribution in [0.25, 0.3) is 0 Å². The summed E-state index contributed by atoms with van der Waals surface area (Å²) in [5, 5.41) is 11.0. The van der Waals surface area contributed by atoms with Crippen LogP contribution in [-0.2, 0) is 16.1 Å². The molecule has 20 heavy (non-hydrogen) atoms. The molecule has 0 aliphatic rings. The van der Waals surface area contributed by atoms with Crippen LogP contribution in [0, 0.1) is 10.1 Å². The van der Waals surface area contributed by atoms with Crippen molar-refractivity contribution in [3.05, 3.63) is 39.9 Å². The highest BCUT2D eigenvalue weighted by atomic mass is 16.6. The number of esters is 1. The number of rotatable bonds is 7. The zero-order valence-corrected chi connectivity index (χ0v) is 12.0. The van der Waals surface area contributed by atoms with Gasteiger partial charge in [-0.2, -0.15) is 0 Å². The molecule has 1 aromatic carbocycles. The van der Waals surface area contributed by atoms with Gasteiger partial charge in [-0.15, -0.1) is 0 Å². The topological polar surface area (TPSA) is 72.7 Å². The Morgan fingerprint density at radius 3 is 2.60 bits per heavy atom. The normalized spacial score (nSPS) is 10.8. The van der Waals surface area contributed by atoms with Crippen molar-refractivity contribution in [3.63, 3.8) is 0 Å². The number of nitro benzene ring substituents is 1. The van der Waals surface area contributed by atoms with Crippen molar-refractivity contribution in [2.75, 3.05) is 13.2 Å². The van der Waals surface area contributed by atoms with Crippen LogP contribution in [0.15, 0.2) is 24.3 Å². The van der Waals surface area contributed by atoms with E-state index in [1.165, 1.54) is 6.07 Å². The number of benzene rings is 1. The first-order valence-corrected chi connectivity index (χ1v) is 6.57. The summed E-state index contributed by atoms with van der Waals surface area (Å²) in [5.74, 6) is -0.320. The zero-order chi connectivity index (χ0) is 15.1. The van der Waals surface area contributed by atoms with Crippen LogP contribution >= 0.6 is 0 Å². The quantitative estimate of drug-likeness (QED) is 0.435. The van der Waals surface area contributed by atoms with Crippen molar-refractivity contribution in [2.45, 2.75) is 33.4 Å². The number of hydrogen-bond donors (Lipinski definition) is 0. The predicted molar refractivity (Wildman–Crippen MR) is 75.3 cm³/mol. The van der Waals surface area contributed by atoms with E-state index in [1.54, 1.807) is 25.1 Å². The predicted octanol–water partition coefficient (Wildman–Crippen LogP) is 2.37. The monoisotopic (exact) mass is 280 g/mol. The minimum Gasteiger partial charge on any atom is -0.465 e. The van der Waals surface area contributed by atoms with Crippen molar-refractivity contribution in [1.82, 2.24) is 4.90 Å². The molecule has 0 spiro atoms. The van der Waals surface area contributed by atoms with E-state index >= 15 is 0 Å². The molecule has 0 aromatic heterocycles. The van der Waals surface area contributed by atoms with E-state index < -0.39 is 4.92 Å². The summed E-state index contributed by atoms with van der Waals surface area (Å²) in [6, 6.07) is 6.65. The average Bonchev–Trinajstić information content (AvgIpc) is 2.38. The van der Waals surface area contributed by atoms with Crippen molar-refractivity contribution in [3.8, 4) is 0 Å². The standard InChI is InChI=1S/C14H20N2O4/c1-4-20-14(17)10-15(11(2)3)9-12-7-5-6-8-13(12)16(18)19/h5-8,11H,4,9-10H2,1-3H3. The molecule has 0 unspecified atom stereocenters. The number of carbonyl (C=O) groups excluding carboxylic acids is 1. The lowest BCUT2D eigenvalue weighted by Gasteiger charge is -2.25. The van der Waals surface area contributed by atoms with E-state index in [0.717, 1.165) is 0 Å². The maximum atomic E-state index is 11.6. The van der Waals surface area contributed by atoms with Crippen LogP contribution in [0.5, 0.6) is 0 Å². The minimum atomic E-state index is -0.405. The molecular weight excluding hydrogens is 260 g/mol. The Bertz CT molecular complexity index is 474. The number of ether oxygens (including phenoxy) is 1. The van der Waals surface area contributed by atoms with Gasteiger partial charge in [0, 0.05) is 24.2 Å². The highest BCUT2D eigenvalue weighted by molar-refractivity contribution is 5.71. The molecule has 0 saturated carbocycles. The van der Waals surface area contributed by atoms with Gasteiger partial charge in [-0.3, -0.25) is 19.8 Å². The lowest BCUT2D eigenvalue weighted by Crippen LogP contribution is -2.36. The summed E-state index contributed by atoms with van der Waals surface area (Å²) in [4.78, 5) is 24.0. The first-order chi connectivity index (χ1) is 9.45. The SMILES string of the molecule is CCOC(=O)CN(Cc1ccccc1[N+](=O)[O-])C(C)C. The summed E-state index contributed by atoms with van der Waals surface area (Å²) in [5.41, 5.74) is 0.664. The van der Waals surface area contributed by atoms with E-state index in [0.29, 0.717) is 18.7 Å². The first-order valence-electron chi connectivity index (χ1n) is 6.57. The van der Waals surface area contributed by atoms with E-state index in [2.05, 4.69) is 0 Å². The van der Waals surface area contributed by atoms with Crippen molar-refractivity contribution >= 4 is 11.7 Å². The lowest BCUT2D eigenvalue weighted by molar-refractivity contribution is -0.385. The second-order valence-corrected chi connectivity index (χ2v) is 4.69. The molecule has 110 valence electrons. The molecule has 0 aliphatic carbocycles. The van der Waals surface area contributed by atoms with Crippen LogP contribution in [0.1, 0.15) is 26.3 Å². The maximum absolute atomic E-state index is 11.6. The third kappa shape index (κ3) is 4.62. The second-order valence-electron chi connectivity index (χ2n) is 4.69. The molecule has 6 heteroatoms. The number of nitro groups is 1. The Balaban J connectivity index is 2.86. The molecule has 0 N–H and O–H groups in total. The molecule has 0 atom stereocenters. The average molecular weight is 280 g/mol. The molecule has 0 fully saturated rings. The summed E-state index contributed by atoms with van der Waals surface area (Å²) in [6.07, 6.45) is 0. The number of hydrogen-bond acceptors (Lipinski definition) is 5. The minimum absolute atomic E-state index is 0.0713. The van der Waals surface area contributed by atoms with Gasteiger partial charge in [0.15, 0.2) is 0 Å². The molecule has 0 radical (unpaired) electrons. The molecule has 1 rings (SSSR count). The van der Waals surface area contributed by atoms with Crippen LogP contribution in [0.4, 0.5) is 5.69 Å². The van der Waals surface area contributed by atoms with E-state index in [4.69, 9.17) is 4.74 Å². The molecular formula is C14H20N2O4. The van der Waals surface area contributed by atoms with Crippen molar-refractivity contribution in [1.29, 1.82) is 0 Å². The van der Waals surface area contributed by atoms with Gasteiger partial charge in [-0.1, -0.05) is 18.2 Å². The third-order valence-corrected chi connectivity index (χ3v) is 2.93. The van der Waals surface area contributed by atoms with Crippen LogP contribution in [0.2, 0.25) is 0 Å². The van der Waals surface area contributed by atoms with Gasteiger partial charge in [-0.25, -0.2) is 0 Å². The highest BCUT2D eigenvalue weighted by Crippen LogP contribution is 2.20. The van der Waals surface area contributed by atoms with Crippen LogP contribution in [-0.4, -0.2) is 35.0 Å². The van der Waals surface area contributed by atoms with E-state index in [-0.39, 0.29) is 24.2 Å². The van der Waals surface area contributed by atoms with E-state index in [1.807, 2.05) is 18.7 Å².